The van der Waals surface area contributed by atoms with Crippen LogP contribution in [0.2, 0.25) is 0 Å². The van der Waals surface area contributed by atoms with Crippen LogP contribution in [0.4, 0.5) is 13.2 Å². The number of sulfone groups is 1. The third-order valence-electron chi connectivity index (χ3n) is 5.11. The van der Waals surface area contributed by atoms with Crippen LogP contribution in [0.3, 0.4) is 0 Å². The van der Waals surface area contributed by atoms with Crippen molar-refractivity contribution in [2.45, 2.75) is 11.4 Å². The quantitative estimate of drug-likeness (QED) is 0.432. The number of rotatable bonds is 5. The van der Waals surface area contributed by atoms with Crippen molar-refractivity contribution in [3.8, 4) is 22.3 Å². The van der Waals surface area contributed by atoms with Crippen LogP contribution in [-0.4, -0.2) is 24.5 Å². The summed E-state index contributed by atoms with van der Waals surface area (Å²) in [6.45, 7) is -0.244. The van der Waals surface area contributed by atoms with E-state index in [4.69, 9.17) is 0 Å². The third kappa shape index (κ3) is 4.73. The summed E-state index contributed by atoms with van der Waals surface area (Å²) in [6, 6.07) is 14.2. The number of hydrogen-bond acceptors (Lipinski definition) is 4. The van der Waals surface area contributed by atoms with Crippen LogP contribution in [0.25, 0.3) is 22.3 Å². The van der Waals surface area contributed by atoms with Gasteiger partial charge in [0.1, 0.15) is 17.5 Å². The topological polar surface area (TPSA) is 69.0 Å². The number of hydrogen-bond donors (Lipinski definition) is 0. The molecular weight excluding hydrogens is 453 g/mol. The summed E-state index contributed by atoms with van der Waals surface area (Å²) < 4.78 is 65.4. The van der Waals surface area contributed by atoms with Crippen LogP contribution >= 0.6 is 0 Å². The van der Waals surface area contributed by atoms with Crippen LogP contribution in [0.1, 0.15) is 5.56 Å². The van der Waals surface area contributed by atoms with Gasteiger partial charge in [0.25, 0.3) is 5.56 Å². The van der Waals surface area contributed by atoms with Crippen molar-refractivity contribution in [3.05, 3.63) is 106 Å². The highest BCUT2D eigenvalue weighted by Gasteiger charge is 2.17. The average molecular weight is 470 g/mol. The van der Waals surface area contributed by atoms with Crippen molar-refractivity contribution in [1.29, 1.82) is 0 Å². The summed E-state index contributed by atoms with van der Waals surface area (Å²) >= 11 is 0. The van der Waals surface area contributed by atoms with E-state index in [0.717, 1.165) is 23.1 Å². The van der Waals surface area contributed by atoms with Gasteiger partial charge in [-0.2, -0.15) is 5.10 Å². The lowest BCUT2D eigenvalue weighted by molar-refractivity contribution is 0.551. The second-order valence-electron chi connectivity index (χ2n) is 7.44. The number of halogens is 3. The van der Waals surface area contributed by atoms with Crippen LogP contribution in [0, 0.1) is 17.5 Å². The number of nitrogens with zero attached hydrogens (tertiary/aromatic N) is 2. The molecule has 0 amide bonds. The first-order chi connectivity index (χ1) is 15.6. The Kier molecular flexibility index (Phi) is 5.90. The number of aromatic nitrogens is 2. The van der Waals surface area contributed by atoms with Crippen molar-refractivity contribution in [3.63, 3.8) is 0 Å². The van der Waals surface area contributed by atoms with Gasteiger partial charge < -0.3 is 0 Å². The van der Waals surface area contributed by atoms with E-state index in [2.05, 4.69) is 5.10 Å². The Morgan fingerprint density at radius 3 is 2.06 bits per heavy atom. The highest BCUT2D eigenvalue weighted by molar-refractivity contribution is 7.90. The van der Waals surface area contributed by atoms with Crippen molar-refractivity contribution >= 4 is 9.84 Å². The maximum absolute atomic E-state index is 14.1. The fourth-order valence-electron chi connectivity index (χ4n) is 3.41. The van der Waals surface area contributed by atoms with Gasteiger partial charge in [0.15, 0.2) is 9.84 Å². The summed E-state index contributed by atoms with van der Waals surface area (Å²) in [6.07, 6.45) is 2.49. The maximum Gasteiger partial charge on any atom is 0.275 e. The Bertz CT molecular complexity index is 1500. The van der Waals surface area contributed by atoms with Gasteiger partial charge in [0.05, 0.1) is 23.2 Å². The average Bonchev–Trinajstić information content (AvgIpc) is 2.77. The lowest BCUT2D eigenvalue weighted by Gasteiger charge is -2.13. The van der Waals surface area contributed by atoms with E-state index >= 15 is 0 Å². The molecule has 0 N–H and O–H groups in total. The zero-order valence-corrected chi connectivity index (χ0v) is 18.1. The van der Waals surface area contributed by atoms with Gasteiger partial charge in [-0.15, -0.1) is 0 Å². The second-order valence-corrected chi connectivity index (χ2v) is 9.45. The molecule has 9 heteroatoms. The van der Waals surface area contributed by atoms with Gasteiger partial charge >= 0.3 is 0 Å². The highest BCUT2D eigenvalue weighted by Crippen LogP contribution is 2.30. The predicted molar refractivity (Wildman–Crippen MR) is 118 cm³/mol. The standard InChI is InChI=1S/C24H17F3N2O3S/c1-33(31,32)20-10-5-15(6-11-20)21-13-28-29(14-17-4-9-19(26)12-22(17)27)24(30)23(21)16-2-7-18(25)8-3-16/h2-13H,14H2,1H3. The van der Waals surface area contributed by atoms with Crippen LogP contribution in [-0.2, 0) is 16.4 Å². The molecule has 0 spiro atoms. The van der Waals surface area contributed by atoms with Crippen LogP contribution < -0.4 is 5.56 Å². The Balaban J connectivity index is 1.87. The van der Waals surface area contributed by atoms with E-state index in [1.807, 2.05) is 0 Å². The minimum Gasteiger partial charge on any atom is -0.267 e. The molecule has 0 aliphatic heterocycles. The lowest BCUT2D eigenvalue weighted by Crippen LogP contribution is -2.26. The molecule has 168 valence electrons. The van der Waals surface area contributed by atoms with E-state index in [1.165, 1.54) is 48.7 Å². The fourth-order valence-corrected chi connectivity index (χ4v) is 4.04. The third-order valence-corrected chi connectivity index (χ3v) is 6.23. The molecule has 4 aromatic rings. The second kappa shape index (κ2) is 8.67. The van der Waals surface area contributed by atoms with Gasteiger partial charge in [-0.25, -0.2) is 26.3 Å². The predicted octanol–water partition coefficient (Wildman–Crippen LogP) is 4.45. The molecule has 4 rings (SSSR count). The van der Waals surface area contributed by atoms with Crippen molar-refractivity contribution in [1.82, 2.24) is 9.78 Å². The molecule has 0 saturated heterocycles. The molecule has 0 saturated carbocycles. The molecular formula is C24H17F3N2O3S. The molecule has 5 nitrogen and oxygen atoms in total. The highest BCUT2D eigenvalue weighted by atomic mass is 32.2. The zero-order valence-electron chi connectivity index (χ0n) is 17.3. The molecule has 1 aromatic heterocycles. The SMILES string of the molecule is CS(=O)(=O)c1ccc(-c2cnn(Cc3ccc(F)cc3F)c(=O)c2-c2ccc(F)cc2)cc1. The van der Waals surface area contributed by atoms with E-state index < -0.39 is 32.8 Å². The molecule has 0 aliphatic carbocycles. The van der Waals surface area contributed by atoms with Crippen LogP contribution in [0.15, 0.2) is 82.6 Å². The minimum absolute atomic E-state index is 0.0707. The Labute approximate surface area is 187 Å². The zero-order chi connectivity index (χ0) is 23.8. The first-order valence-corrected chi connectivity index (χ1v) is 11.6. The smallest absolute Gasteiger partial charge is 0.267 e. The lowest BCUT2D eigenvalue weighted by atomic mass is 9.97. The van der Waals surface area contributed by atoms with Gasteiger partial charge in [0.2, 0.25) is 0 Å². The van der Waals surface area contributed by atoms with Gasteiger partial charge in [-0.1, -0.05) is 30.3 Å². The van der Waals surface area contributed by atoms with Gasteiger partial charge in [-0.3, -0.25) is 4.79 Å². The van der Waals surface area contributed by atoms with Crippen molar-refractivity contribution in [2.75, 3.05) is 6.26 Å². The van der Waals surface area contributed by atoms with E-state index in [-0.39, 0.29) is 22.6 Å². The van der Waals surface area contributed by atoms with Crippen molar-refractivity contribution in [2.24, 2.45) is 0 Å². The fraction of sp³-hybridized carbons (Fsp3) is 0.0833. The molecule has 3 aromatic carbocycles. The van der Waals surface area contributed by atoms with Crippen LogP contribution in [0.5, 0.6) is 0 Å². The van der Waals surface area contributed by atoms with Gasteiger partial charge in [0, 0.05) is 23.4 Å². The molecule has 0 fully saturated rings. The molecule has 0 bridgehead atoms. The Morgan fingerprint density at radius 2 is 1.45 bits per heavy atom. The normalized spacial score (nSPS) is 11.5. The summed E-state index contributed by atoms with van der Waals surface area (Å²) in [7, 11) is -3.41. The monoisotopic (exact) mass is 470 g/mol. The largest absolute Gasteiger partial charge is 0.275 e. The summed E-state index contributed by atoms with van der Waals surface area (Å²) in [5.74, 6) is -2.04. The molecule has 0 atom stereocenters. The number of benzene rings is 3. The Morgan fingerprint density at radius 1 is 0.848 bits per heavy atom. The molecule has 0 radical (unpaired) electrons. The minimum atomic E-state index is -3.41. The van der Waals surface area contributed by atoms with E-state index in [0.29, 0.717) is 16.7 Å². The molecule has 1 heterocycles. The molecule has 33 heavy (non-hydrogen) atoms. The molecule has 0 aliphatic rings. The first kappa shape index (κ1) is 22.5. The van der Waals surface area contributed by atoms with Gasteiger partial charge in [-0.05, 0) is 41.5 Å². The first-order valence-electron chi connectivity index (χ1n) is 9.74. The molecule has 0 unspecified atom stereocenters. The summed E-state index contributed by atoms with van der Waals surface area (Å²) in [5.41, 5.74) is 0.990. The maximum atomic E-state index is 14.1. The van der Waals surface area contributed by atoms with E-state index in [1.54, 1.807) is 12.1 Å². The van der Waals surface area contributed by atoms with E-state index in [9.17, 15) is 26.4 Å². The summed E-state index contributed by atoms with van der Waals surface area (Å²) in [4.78, 5) is 13.5. The summed E-state index contributed by atoms with van der Waals surface area (Å²) in [5, 5.41) is 4.14. The Hall–Kier alpha value is -3.72. The van der Waals surface area contributed by atoms with Crippen molar-refractivity contribution < 1.29 is 21.6 Å².